The number of hydrogen-bond acceptors (Lipinski definition) is 4. The molecule has 11 rings (SSSR count). The highest BCUT2D eigenvalue weighted by Gasteiger charge is 2.23. The van der Waals surface area contributed by atoms with E-state index in [4.69, 9.17) is 18.8 Å². The number of furan rings is 2. The fourth-order valence-corrected chi connectivity index (χ4v) is 8.10. The summed E-state index contributed by atoms with van der Waals surface area (Å²) in [5, 5.41) is 4.22. The van der Waals surface area contributed by atoms with Crippen LogP contribution in [0.4, 0.5) is 0 Å². The largest absolute Gasteiger partial charge is 0.455 e. The van der Waals surface area contributed by atoms with Gasteiger partial charge in [-0.15, -0.1) is 0 Å². The van der Waals surface area contributed by atoms with Gasteiger partial charge in [-0.05, 0) is 75.8 Å². The highest BCUT2D eigenvalue weighted by molar-refractivity contribution is 6.11. The summed E-state index contributed by atoms with van der Waals surface area (Å²) in [7, 11) is 0. The third kappa shape index (κ3) is 5.31. The molecule has 4 heteroatoms. The van der Waals surface area contributed by atoms with E-state index in [-0.39, 0.29) is 0 Å². The lowest BCUT2D eigenvalue weighted by molar-refractivity contribution is 0.669. The van der Waals surface area contributed by atoms with Crippen molar-refractivity contribution >= 4 is 43.9 Å². The molecule has 0 unspecified atom stereocenters. The van der Waals surface area contributed by atoms with Gasteiger partial charge in [0.2, 0.25) is 0 Å². The van der Waals surface area contributed by atoms with Crippen molar-refractivity contribution in [3.63, 3.8) is 0 Å². The van der Waals surface area contributed by atoms with Gasteiger partial charge in [-0.2, -0.15) is 0 Å². The third-order valence-corrected chi connectivity index (χ3v) is 10.7. The Balaban J connectivity index is 1.26. The smallest absolute Gasteiger partial charge is 0.161 e. The number of rotatable bonds is 6. The van der Waals surface area contributed by atoms with Crippen molar-refractivity contribution in [2.24, 2.45) is 0 Å². The zero-order valence-electron chi connectivity index (χ0n) is 30.2. The van der Waals surface area contributed by atoms with Crippen LogP contribution in [-0.2, 0) is 0 Å². The van der Waals surface area contributed by atoms with E-state index in [2.05, 4.69) is 158 Å². The first-order chi connectivity index (χ1) is 27.8. The van der Waals surface area contributed by atoms with Gasteiger partial charge in [0.15, 0.2) is 5.82 Å². The molecule has 3 aromatic heterocycles. The van der Waals surface area contributed by atoms with E-state index in [9.17, 15) is 0 Å². The Kier molecular flexibility index (Phi) is 7.46. The number of nitrogens with zero attached hydrogens (tertiary/aromatic N) is 2. The van der Waals surface area contributed by atoms with Gasteiger partial charge in [-0.3, -0.25) is 0 Å². The van der Waals surface area contributed by atoms with Crippen LogP contribution in [0.2, 0.25) is 0 Å². The summed E-state index contributed by atoms with van der Waals surface area (Å²) in [6, 6.07) is 67.3. The molecule has 0 spiro atoms. The van der Waals surface area contributed by atoms with Crippen molar-refractivity contribution in [3.8, 4) is 67.3 Å². The number of fused-ring (bicyclic) bond motifs is 6. The van der Waals surface area contributed by atoms with Crippen LogP contribution in [-0.4, -0.2) is 9.97 Å². The Morgan fingerprint density at radius 3 is 1.20 bits per heavy atom. The number of aromatic nitrogens is 2. The molecule has 0 fully saturated rings. The highest BCUT2D eigenvalue weighted by Crippen LogP contribution is 2.45. The van der Waals surface area contributed by atoms with Crippen molar-refractivity contribution in [2.75, 3.05) is 0 Å². The number of hydrogen-bond donors (Lipinski definition) is 0. The molecule has 0 bridgehead atoms. The Labute approximate surface area is 323 Å². The van der Waals surface area contributed by atoms with Gasteiger partial charge >= 0.3 is 0 Å². The molecule has 0 aliphatic heterocycles. The lowest BCUT2D eigenvalue weighted by atomic mass is 9.87. The maximum absolute atomic E-state index is 6.61. The molecule has 3 heterocycles. The van der Waals surface area contributed by atoms with Crippen LogP contribution in [0.15, 0.2) is 203 Å². The first-order valence-corrected chi connectivity index (χ1v) is 18.8. The lowest BCUT2D eigenvalue weighted by Crippen LogP contribution is -2.00. The maximum atomic E-state index is 6.61. The van der Waals surface area contributed by atoms with E-state index in [1.54, 1.807) is 0 Å². The second kappa shape index (κ2) is 13.1. The Morgan fingerprint density at radius 2 is 0.714 bits per heavy atom. The van der Waals surface area contributed by atoms with Crippen molar-refractivity contribution in [3.05, 3.63) is 194 Å². The van der Waals surface area contributed by atoms with Crippen LogP contribution in [0.1, 0.15) is 0 Å². The molecule has 0 saturated heterocycles. The summed E-state index contributed by atoms with van der Waals surface area (Å²) in [5.74, 6) is 0.607. The molecule has 56 heavy (non-hydrogen) atoms. The van der Waals surface area contributed by atoms with Crippen molar-refractivity contribution in [1.82, 2.24) is 9.97 Å². The fraction of sp³-hybridized carbons (Fsp3) is 0. The van der Waals surface area contributed by atoms with Crippen LogP contribution in [0, 0.1) is 0 Å². The second-order valence-corrected chi connectivity index (χ2v) is 14.1. The van der Waals surface area contributed by atoms with Gasteiger partial charge < -0.3 is 8.83 Å². The summed E-state index contributed by atoms with van der Waals surface area (Å²) >= 11 is 0. The Morgan fingerprint density at radius 1 is 0.304 bits per heavy atom. The predicted molar refractivity (Wildman–Crippen MR) is 229 cm³/mol. The van der Waals surface area contributed by atoms with E-state index >= 15 is 0 Å². The Bertz CT molecular complexity index is 3040. The van der Waals surface area contributed by atoms with Gasteiger partial charge in [-0.25, -0.2) is 9.97 Å². The summed E-state index contributed by atoms with van der Waals surface area (Å²) in [4.78, 5) is 11.0. The molecule has 4 nitrogen and oxygen atoms in total. The first kappa shape index (κ1) is 31.9. The van der Waals surface area contributed by atoms with Gasteiger partial charge in [0.1, 0.15) is 22.3 Å². The minimum atomic E-state index is 0.607. The minimum absolute atomic E-state index is 0.607. The van der Waals surface area contributed by atoms with Crippen LogP contribution >= 0.6 is 0 Å². The van der Waals surface area contributed by atoms with E-state index in [0.29, 0.717) is 5.82 Å². The zero-order chi connectivity index (χ0) is 37.0. The lowest BCUT2D eigenvalue weighted by Gasteiger charge is -2.19. The average Bonchev–Trinajstić information content (AvgIpc) is 3.85. The molecule has 0 amide bonds. The average molecular weight is 717 g/mol. The summed E-state index contributed by atoms with van der Waals surface area (Å²) < 4.78 is 13.2. The molecule has 0 aliphatic rings. The van der Waals surface area contributed by atoms with Crippen molar-refractivity contribution in [2.45, 2.75) is 0 Å². The Hall–Kier alpha value is -7.56. The normalized spacial score (nSPS) is 11.6. The number of para-hydroxylation sites is 4. The van der Waals surface area contributed by atoms with Crippen LogP contribution in [0.5, 0.6) is 0 Å². The fourth-order valence-electron chi connectivity index (χ4n) is 8.10. The molecular formula is C52H32N2O2. The first-order valence-electron chi connectivity index (χ1n) is 18.8. The molecule has 0 saturated carbocycles. The zero-order valence-corrected chi connectivity index (χ0v) is 30.2. The third-order valence-electron chi connectivity index (χ3n) is 10.7. The van der Waals surface area contributed by atoms with E-state index in [0.717, 1.165) is 105 Å². The van der Waals surface area contributed by atoms with E-state index < -0.39 is 0 Å². The standard InChI is InChI=1S/C52H32N2O2/c1-4-16-33(17-5-1)36-30-43(34-18-6-2-7-19-34)49(44(31-36)35-20-8-3-9-21-35)52-53-45(41-26-14-24-39-37-22-10-12-28-47(37)55-50(39)41)32-46(54-52)42-27-15-25-40-38-23-11-13-29-48(38)56-51(40)42/h1-32H. The maximum Gasteiger partial charge on any atom is 0.161 e. The highest BCUT2D eigenvalue weighted by atomic mass is 16.3. The predicted octanol–water partition coefficient (Wildman–Crippen LogP) is 14.3. The minimum Gasteiger partial charge on any atom is -0.455 e. The van der Waals surface area contributed by atoms with Gasteiger partial charge in [0.05, 0.1) is 11.4 Å². The quantitative estimate of drug-likeness (QED) is 0.172. The van der Waals surface area contributed by atoms with Gasteiger partial charge in [-0.1, -0.05) is 152 Å². The molecule has 0 atom stereocenters. The van der Waals surface area contributed by atoms with E-state index in [1.807, 2.05) is 36.4 Å². The van der Waals surface area contributed by atoms with Crippen LogP contribution in [0.3, 0.4) is 0 Å². The molecule has 8 aromatic carbocycles. The van der Waals surface area contributed by atoms with E-state index in [1.165, 1.54) is 0 Å². The van der Waals surface area contributed by atoms with Gasteiger partial charge in [0, 0.05) is 38.2 Å². The summed E-state index contributed by atoms with van der Waals surface area (Å²) in [6.45, 7) is 0. The summed E-state index contributed by atoms with van der Waals surface area (Å²) in [5.41, 5.74) is 14.0. The second-order valence-electron chi connectivity index (χ2n) is 14.1. The SMILES string of the molecule is c1ccc(-c2cc(-c3ccccc3)c(-c3nc(-c4cccc5c4oc4ccccc45)cc(-c4cccc5c4oc4ccccc45)n3)c(-c3ccccc3)c2)cc1. The van der Waals surface area contributed by atoms with Crippen molar-refractivity contribution < 1.29 is 8.83 Å². The molecule has 0 aliphatic carbocycles. The molecular weight excluding hydrogens is 685 g/mol. The topological polar surface area (TPSA) is 52.1 Å². The molecule has 0 radical (unpaired) electrons. The molecule has 0 N–H and O–H groups in total. The summed E-state index contributed by atoms with van der Waals surface area (Å²) in [6.07, 6.45) is 0. The van der Waals surface area contributed by atoms with Crippen molar-refractivity contribution in [1.29, 1.82) is 0 Å². The number of benzene rings is 8. The van der Waals surface area contributed by atoms with Crippen LogP contribution in [0.25, 0.3) is 111 Å². The van der Waals surface area contributed by atoms with Crippen LogP contribution < -0.4 is 0 Å². The molecule has 11 aromatic rings. The molecule has 262 valence electrons. The van der Waals surface area contributed by atoms with Gasteiger partial charge in [0.25, 0.3) is 0 Å². The monoisotopic (exact) mass is 716 g/mol.